The maximum atomic E-state index is 11.9. The molecule has 0 bridgehead atoms. The van der Waals surface area contributed by atoms with Crippen molar-refractivity contribution in [2.24, 2.45) is 0 Å². The lowest BCUT2D eigenvalue weighted by Crippen LogP contribution is -2.05. The van der Waals surface area contributed by atoms with Crippen molar-refractivity contribution in [3.8, 4) is 5.88 Å². The number of alkyl halides is 2. The van der Waals surface area contributed by atoms with Crippen molar-refractivity contribution in [1.82, 2.24) is 4.98 Å². The zero-order chi connectivity index (χ0) is 11.3. The molecule has 2 nitrogen and oxygen atoms in total. The zero-order valence-corrected chi connectivity index (χ0v) is 8.91. The highest BCUT2D eigenvalue weighted by atomic mass is 19.3. The van der Waals surface area contributed by atoms with Crippen LogP contribution in [0.15, 0.2) is 18.2 Å². The fourth-order valence-corrected chi connectivity index (χ4v) is 1.44. The first-order valence-corrected chi connectivity index (χ1v) is 5.05. The Bertz CT molecular complexity index is 304. The van der Waals surface area contributed by atoms with Gasteiger partial charge in [-0.05, 0) is 18.4 Å². The summed E-state index contributed by atoms with van der Waals surface area (Å²) in [6, 6.07) is 4.96. The van der Waals surface area contributed by atoms with Crippen LogP contribution in [-0.2, 0) is 0 Å². The first-order valence-electron chi connectivity index (χ1n) is 5.05. The fraction of sp³-hybridized carbons (Fsp3) is 0.545. The van der Waals surface area contributed by atoms with Gasteiger partial charge in [0.2, 0.25) is 5.88 Å². The van der Waals surface area contributed by atoms with Crippen LogP contribution in [-0.4, -0.2) is 11.6 Å². The predicted molar refractivity (Wildman–Crippen MR) is 54.2 cm³/mol. The topological polar surface area (TPSA) is 22.1 Å². The van der Waals surface area contributed by atoms with E-state index >= 15 is 0 Å². The molecule has 1 aromatic rings. The number of rotatable bonds is 5. The lowest BCUT2D eigenvalue weighted by atomic mass is 10.0. The molecule has 1 rings (SSSR count). The standard InChI is InChI=1S/C11H15F2NO/c1-3-5-8(2)9-6-4-7-10(14-9)15-11(12)13/h4,6-8,11H,3,5H2,1-2H3. The maximum Gasteiger partial charge on any atom is 0.388 e. The molecule has 1 unspecified atom stereocenters. The fourth-order valence-electron chi connectivity index (χ4n) is 1.44. The third-order valence-electron chi connectivity index (χ3n) is 2.18. The average molecular weight is 215 g/mol. The number of aromatic nitrogens is 1. The summed E-state index contributed by atoms with van der Waals surface area (Å²) >= 11 is 0. The molecule has 4 heteroatoms. The van der Waals surface area contributed by atoms with Crippen molar-refractivity contribution in [3.63, 3.8) is 0 Å². The van der Waals surface area contributed by atoms with Crippen LogP contribution in [0, 0.1) is 0 Å². The van der Waals surface area contributed by atoms with E-state index in [1.807, 2.05) is 13.0 Å². The van der Waals surface area contributed by atoms with E-state index in [2.05, 4.69) is 16.6 Å². The summed E-state index contributed by atoms with van der Waals surface area (Å²) in [6.07, 6.45) is 2.04. The molecule has 0 fully saturated rings. The van der Waals surface area contributed by atoms with Gasteiger partial charge >= 0.3 is 6.61 Å². The van der Waals surface area contributed by atoms with Crippen LogP contribution in [0.5, 0.6) is 5.88 Å². The van der Waals surface area contributed by atoms with Crippen molar-refractivity contribution in [2.45, 2.75) is 39.2 Å². The summed E-state index contributed by atoms with van der Waals surface area (Å²) in [5.74, 6) is 0.265. The van der Waals surface area contributed by atoms with Crippen LogP contribution in [0.25, 0.3) is 0 Å². The summed E-state index contributed by atoms with van der Waals surface area (Å²) in [4.78, 5) is 4.03. The lowest BCUT2D eigenvalue weighted by molar-refractivity contribution is -0.0529. The van der Waals surface area contributed by atoms with Crippen LogP contribution in [0.3, 0.4) is 0 Å². The maximum absolute atomic E-state index is 11.9. The van der Waals surface area contributed by atoms with Crippen LogP contribution < -0.4 is 4.74 Å². The average Bonchev–Trinajstić information content (AvgIpc) is 2.17. The van der Waals surface area contributed by atoms with E-state index in [1.54, 1.807) is 6.07 Å². The smallest absolute Gasteiger partial charge is 0.388 e. The highest BCUT2D eigenvalue weighted by Gasteiger charge is 2.09. The van der Waals surface area contributed by atoms with Gasteiger partial charge in [-0.25, -0.2) is 4.98 Å². The second-order valence-corrected chi connectivity index (χ2v) is 3.47. The van der Waals surface area contributed by atoms with Gasteiger partial charge in [0.25, 0.3) is 0 Å². The molecule has 1 heterocycles. The van der Waals surface area contributed by atoms with E-state index in [0.717, 1.165) is 18.5 Å². The zero-order valence-electron chi connectivity index (χ0n) is 8.91. The van der Waals surface area contributed by atoms with E-state index in [9.17, 15) is 8.78 Å². The summed E-state index contributed by atoms with van der Waals surface area (Å²) < 4.78 is 28.1. The summed E-state index contributed by atoms with van der Waals surface area (Å²) in [6.45, 7) is 1.29. The predicted octanol–water partition coefficient (Wildman–Crippen LogP) is 3.59. The van der Waals surface area contributed by atoms with E-state index in [1.165, 1.54) is 6.07 Å². The number of ether oxygens (including phenoxy) is 1. The third kappa shape index (κ3) is 3.81. The molecule has 0 aliphatic carbocycles. The highest BCUT2D eigenvalue weighted by molar-refractivity contribution is 5.18. The van der Waals surface area contributed by atoms with Crippen molar-refractivity contribution < 1.29 is 13.5 Å². The Morgan fingerprint density at radius 2 is 2.13 bits per heavy atom. The van der Waals surface area contributed by atoms with Gasteiger partial charge in [-0.3, -0.25) is 0 Å². The molecule has 0 saturated carbocycles. The van der Waals surface area contributed by atoms with Crippen LogP contribution in [0.2, 0.25) is 0 Å². The van der Waals surface area contributed by atoms with E-state index < -0.39 is 6.61 Å². The molecule has 15 heavy (non-hydrogen) atoms. The van der Waals surface area contributed by atoms with Crippen molar-refractivity contribution in [2.75, 3.05) is 0 Å². The number of hydrogen-bond acceptors (Lipinski definition) is 2. The van der Waals surface area contributed by atoms with Crippen molar-refractivity contribution in [1.29, 1.82) is 0 Å². The minimum absolute atomic E-state index is 0.00884. The lowest BCUT2D eigenvalue weighted by Gasteiger charge is -2.10. The van der Waals surface area contributed by atoms with Crippen molar-refractivity contribution >= 4 is 0 Å². The Balaban J connectivity index is 2.73. The van der Waals surface area contributed by atoms with Gasteiger partial charge in [0, 0.05) is 11.8 Å². The Hall–Kier alpha value is -1.19. The molecule has 0 aliphatic rings. The molecule has 0 radical (unpaired) electrons. The Morgan fingerprint density at radius 1 is 1.40 bits per heavy atom. The Kier molecular flexibility index (Phi) is 4.46. The van der Waals surface area contributed by atoms with Crippen molar-refractivity contribution in [3.05, 3.63) is 23.9 Å². The molecule has 0 saturated heterocycles. The van der Waals surface area contributed by atoms with Crippen LogP contribution in [0.1, 0.15) is 38.3 Å². The van der Waals surface area contributed by atoms with Gasteiger partial charge < -0.3 is 4.74 Å². The van der Waals surface area contributed by atoms with Gasteiger partial charge in [0.15, 0.2) is 0 Å². The van der Waals surface area contributed by atoms with Gasteiger partial charge in [-0.2, -0.15) is 8.78 Å². The summed E-state index contributed by atoms with van der Waals surface area (Å²) in [5, 5.41) is 0. The number of halogens is 2. The van der Waals surface area contributed by atoms with Gasteiger partial charge in [0.05, 0.1) is 0 Å². The number of pyridine rings is 1. The quantitative estimate of drug-likeness (QED) is 0.748. The molecular formula is C11H15F2NO. The third-order valence-corrected chi connectivity index (χ3v) is 2.18. The highest BCUT2D eigenvalue weighted by Crippen LogP contribution is 2.21. The molecule has 0 N–H and O–H groups in total. The minimum atomic E-state index is -2.81. The van der Waals surface area contributed by atoms with E-state index in [-0.39, 0.29) is 11.8 Å². The van der Waals surface area contributed by atoms with E-state index in [0.29, 0.717) is 0 Å². The summed E-state index contributed by atoms with van der Waals surface area (Å²) in [5.41, 5.74) is 0.801. The molecule has 1 aromatic heterocycles. The number of hydrogen-bond donors (Lipinski definition) is 0. The van der Waals surface area contributed by atoms with E-state index in [4.69, 9.17) is 0 Å². The normalized spacial score (nSPS) is 12.9. The Morgan fingerprint density at radius 3 is 2.73 bits per heavy atom. The van der Waals surface area contributed by atoms with Crippen LogP contribution >= 0.6 is 0 Å². The molecule has 1 atom stereocenters. The van der Waals surface area contributed by atoms with Gasteiger partial charge in [-0.1, -0.05) is 26.3 Å². The first-order chi connectivity index (χ1) is 7.13. The Labute approximate surface area is 88.3 Å². The van der Waals surface area contributed by atoms with Crippen LogP contribution in [0.4, 0.5) is 8.78 Å². The largest absolute Gasteiger partial charge is 0.417 e. The van der Waals surface area contributed by atoms with Gasteiger partial charge in [-0.15, -0.1) is 0 Å². The van der Waals surface area contributed by atoms with Gasteiger partial charge in [0.1, 0.15) is 0 Å². The molecule has 0 aromatic carbocycles. The number of nitrogens with zero attached hydrogens (tertiary/aromatic N) is 1. The summed E-state index contributed by atoms with van der Waals surface area (Å²) in [7, 11) is 0. The molecule has 84 valence electrons. The monoisotopic (exact) mass is 215 g/mol. The minimum Gasteiger partial charge on any atom is -0.417 e. The molecular weight excluding hydrogens is 200 g/mol. The second kappa shape index (κ2) is 5.63. The second-order valence-electron chi connectivity index (χ2n) is 3.47. The first kappa shape index (κ1) is 11.9. The SMILES string of the molecule is CCCC(C)c1cccc(OC(F)F)n1. The molecule has 0 aliphatic heterocycles. The molecule has 0 spiro atoms. The molecule has 0 amide bonds.